The summed E-state index contributed by atoms with van der Waals surface area (Å²) in [5, 5.41) is 0. The average molecular weight is 380 g/mol. The number of amides is 3. The first-order valence-corrected chi connectivity index (χ1v) is 8.47. The number of benzene rings is 1. The summed E-state index contributed by atoms with van der Waals surface area (Å²) >= 11 is -2.49. The first-order valence-electron chi connectivity index (χ1n) is 7.15. The van der Waals surface area contributed by atoms with E-state index in [0.717, 1.165) is 17.0 Å². The highest BCUT2D eigenvalue weighted by Gasteiger charge is 2.51. The molecule has 1 aromatic carbocycles. The van der Waals surface area contributed by atoms with Crippen molar-refractivity contribution in [1.82, 2.24) is 4.90 Å². The highest BCUT2D eigenvalue weighted by atomic mass is 32.2. The van der Waals surface area contributed by atoms with E-state index in [1.165, 1.54) is 27.8 Å². The van der Waals surface area contributed by atoms with Gasteiger partial charge in [-0.15, -0.1) is 0 Å². The monoisotopic (exact) mass is 380 g/mol. The fourth-order valence-corrected chi connectivity index (χ4v) is 3.50. The standard InChI is InChI=1S/C15H16F4N2O3S/c1-8-5-9(16)10(6-11(8)25(24)7-15(17,18)19)21-12(22)14(2,3)20(4)13(21)23/h5-6H,7H2,1-4H3. The van der Waals surface area contributed by atoms with Gasteiger partial charge in [-0.3, -0.25) is 4.79 Å². The Bertz CT molecular complexity index is 736. The van der Waals surface area contributed by atoms with E-state index >= 15 is 0 Å². The lowest BCUT2D eigenvalue weighted by Gasteiger charge is -2.22. The molecule has 0 bridgehead atoms. The van der Waals surface area contributed by atoms with Crippen molar-refractivity contribution in [3.8, 4) is 0 Å². The summed E-state index contributed by atoms with van der Waals surface area (Å²) in [6, 6.07) is 0.924. The minimum atomic E-state index is -4.67. The molecule has 25 heavy (non-hydrogen) atoms. The summed E-state index contributed by atoms with van der Waals surface area (Å²) in [6.07, 6.45) is -4.67. The number of urea groups is 1. The molecular weight excluding hydrogens is 364 g/mol. The third kappa shape index (κ3) is 3.45. The van der Waals surface area contributed by atoms with Crippen LogP contribution in [0.1, 0.15) is 19.4 Å². The zero-order valence-electron chi connectivity index (χ0n) is 13.9. The van der Waals surface area contributed by atoms with Crippen molar-refractivity contribution in [2.75, 3.05) is 17.7 Å². The number of imide groups is 1. The molecule has 138 valence electrons. The summed E-state index contributed by atoms with van der Waals surface area (Å²) in [5.74, 6) is -3.29. The van der Waals surface area contributed by atoms with E-state index in [1.54, 1.807) is 0 Å². The Morgan fingerprint density at radius 2 is 1.80 bits per heavy atom. The molecule has 1 aliphatic heterocycles. The molecule has 0 N–H and O–H groups in total. The van der Waals surface area contributed by atoms with E-state index in [-0.39, 0.29) is 10.5 Å². The highest BCUT2D eigenvalue weighted by molar-refractivity contribution is 7.91. The molecule has 2 rings (SSSR count). The Kier molecular flexibility index (Phi) is 4.81. The van der Waals surface area contributed by atoms with Gasteiger partial charge in [-0.25, -0.2) is 14.1 Å². The van der Waals surface area contributed by atoms with Crippen LogP contribution >= 0.6 is 0 Å². The first-order chi connectivity index (χ1) is 11.3. The number of hydrogen-bond donors (Lipinski definition) is 0. The van der Waals surface area contributed by atoms with Gasteiger partial charge in [0.05, 0.1) is 5.69 Å². The second kappa shape index (κ2) is 6.17. The van der Waals surface area contributed by atoms with Crippen LogP contribution in [0.2, 0.25) is 0 Å². The summed E-state index contributed by atoms with van der Waals surface area (Å²) in [5.41, 5.74) is -1.71. The van der Waals surface area contributed by atoms with Gasteiger partial charge in [0, 0.05) is 18.7 Å². The van der Waals surface area contributed by atoms with Crippen LogP contribution in [0.25, 0.3) is 0 Å². The molecule has 1 aromatic rings. The van der Waals surface area contributed by atoms with Crippen molar-refractivity contribution in [2.45, 2.75) is 37.4 Å². The van der Waals surface area contributed by atoms with Crippen LogP contribution in [0.3, 0.4) is 0 Å². The van der Waals surface area contributed by atoms with Gasteiger partial charge in [0.2, 0.25) is 5.75 Å². The van der Waals surface area contributed by atoms with Gasteiger partial charge in [0.1, 0.15) is 11.4 Å². The Balaban J connectivity index is 2.52. The van der Waals surface area contributed by atoms with Crippen molar-refractivity contribution in [3.63, 3.8) is 0 Å². The lowest BCUT2D eigenvalue weighted by molar-refractivity contribution is -0.123. The van der Waals surface area contributed by atoms with Crippen molar-refractivity contribution in [2.24, 2.45) is 0 Å². The quantitative estimate of drug-likeness (QED) is 0.460. The molecule has 1 heterocycles. The molecule has 1 unspecified atom stereocenters. The number of rotatable bonds is 3. The summed E-state index contributed by atoms with van der Waals surface area (Å²) < 4.78 is 63.8. The number of alkyl halides is 3. The molecular formula is C15H16F4N2O3S. The lowest BCUT2D eigenvalue weighted by atomic mass is 10.0. The van der Waals surface area contributed by atoms with Gasteiger partial charge in [0.25, 0.3) is 5.91 Å². The van der Waals surface area contributed by atoms with Gasteiger partial charge in [-0.2, -0.15) is 13.2 Å². The van der Waals surface area contributed by atoms with Crippen LogP contribution < -0.4 is 4.90 Å². The van der Waals surface area contributed by atoms with E-state index in [0.29, 0.717) is 4.90 Å². The van der Waals surface area contributed by atoms with Crippen LogP contribution in [-0.2, 0) is 16.0 Å². The van der Waals surface area contributed by atoms with Crippen LogP contribution in [0.4, 0.5) is 28.0 Å². The molecule has 1 aliphatic rings. The molecule has 1 saturated heterocycles. The number of nitrogens with zero attached hydrogens (tertiary/aromatic N) is 2. The number of carbonyl (C=O) groups excluding carboxylic acids is 2. The molecule has 5 nitrogen and oxygen atoms in total. The number of carbonyl (C=O) groups is 2. The molecule has 0 aromatic heterocycles. The Labute approximate surface area is 144 Å². The molecule has 1 fully saturated rings. The molecule has 0 aliphatic carbocycles. The number of hydrogen-bond acceptors (Lipinski definition) is 3. The van der Waals surface area contributed by atoms with Crippen LogP contribution in [-0.4, -0.2) is 45.9 Å². The van der Waals surface area contributed by atoms with E-state index < -0.39 is 52.1 Å². The lowest BCUT2D eigenvalue weighted by Crippen LogP contribution is -2.41. The number of aryl methyl sites for hydroxylation is 1. The van der Waals surface area contributed by atoms with Crippen LogP contribution in [0.15, 0.2) is 17.0 Å². The summed E-state index contributed by atoms with van der Waals surface area (Å²) in [6.45, 7) is 4.23. The van der Waals surface area contributed by atoms with Crippen molar-refractivity contribution in [3.05, 3.63) is 23.5 Å². The number of halogens is 4. The molecule has 3 amide bonds. The second-order valence-electron chi connectivity index (χ2n) is 6.22. The fourth-order valence-electron chi connectivity index (χ4n) is 2.39. The van der Waals surface area contributed by atoms with E-state index in [9.17, 15) is 31.7 Å². The van der Waals surface area contributed by atoms with Crippen molar-refractivity contribution in [1.29, 1.82) is 0 Å². The Morgan fingerprint density at radius 1 is 1.24 bits per heavy atom. The maximum absolute atomic E-state index is 14.3. The average Bonchev–Trinajstić information content (AvgIpc) is 2.59. The Morgan fingerprint density at radius 3 is 2.24 bits per heavy atom. The number of likely N-dealkylation sites (N-methyl/N-ethyl adjacent to an activating group) is 1. The van der Waals surface area contributed by atoms with Gasteiger partial charge in [0.15, 0.2) is 4.90 Å². The second-order valence-corrected chi connectivity index (χ2v) is 7.63. The summed E-state index contributed by atoms with van der Waals surface area (Å²) in [4.78, 5) is 26.1. The van der Waals surface area contributed by atoms with Crippen LogP contribution in [0.5, 0.6) is 0 Å². The normalized spacial score (nSPS) is 18.9. The zero-order chi connectivity index (χ0) is 19.3. The molecule has 0 radical (unpaired) electrons. The minimum Gasteiger partial charge on any atom is -0.611 e. The topological polar surface area (TPSA) is 63.7 Å². The van der Waals surface area contributed by atoms with Crippen molar-refractivity contribution < 1.29 is 31.7 Å². The third-order valence-corrected chi connectivity index (χ3v) is 5.59. The maximum Gasteiger partial charge on any atom is 0.433 e. The van der Waals surface area contributed by atoms with Crippen molar-refractivity contribution >= 4 is 28.8 Å². The van der Waals surface area contributed by atoms with Gasteiger partial charge in [-0.1, -0.05) is 0 Å². The van der Waals surface area contributed by atoms with Gasteiger partial charge >= 0.3 is 12.2 Å². The zero-order valence-corrected chi connectivity index (χ0v) is 14.7. The van der Waals surface area contributed by atoms with E-state index in [4.69, 9.17) is 0 Å². The largest absolute Gasteiger partial charge is 0.611 e. The predicted octanol–water partition coefficient (Wildman–Crippen LogP) is 2.98. The van der Waals surface area contributed by atoms with Gasteiger partial charge in [-0.05, 0) is 38.0 Å². The minimum absolute atomic E-state index is 0.0375. The third-order valence-electron chi connectivity index (χ3n) is 4.07. The van der Waals surface area contributed by atoms with E-state index in [1.807, 2.05) is 0 Å². The number of anilines is 1. The fraction of sp³-hybridized carbons (Fsp3) is 0.467. The molecule has 0 spiro atoms. The predicted molar refractivity (Wildman–Crippen MR) is 83.2 cm³/mol. The summed E-state index contributed by atoms with van der Waals surface area (Å²) in [7, 11) is 1.36. The molecule has 0 saturated carbocycles. The molecule has 10 heteroatoms. The van der Waals surface area contributed by atoms with Crippen LogP contribution in [0, 0.1) is 12.7 Å². The highest BCUT2D eigenvalue weighted by Crippen LogP contribution is 2.35. The first kappa shape index (κ1) is 19.5. The molecule has 1 atom stereocenters. The van der Waals surface area contributed by atoms with E-state index in [2.05, 4.69) is 0 Å². The Hall–Kier alpha value is -1.81. The maximum atomic E-state index is 14.3. The SMILES string of the molecule is Cc1cc(F)c(N2C(=O)N(C)C(C)(C)C2=O)cc1[S+]([O-])CC(F)(F)F. The smallest absolute Gasteiger partial charge is 0.433 e. The van der Waals surface area contributed by atoms with Gasteiger partial charge < -0.3 is 9.45 Å².